The Morgan fingerprint density at radius 1 is 1.17 bits per heavy atom. The standard InChI is InChI=1S/C9H19N3/c1-11-5-7-12(8-6-11)9-3-2-4-10-9/h9-10H,2-8H2,1H3/t9-/m1/s1. The summed E-state index contributed by atoms with van der Waals surface area (Å²) >= 11 is 0. The number of nitrogens with one attached hydrogen (secondary N) is 1. The van der Waals surface area contributed by atoms with Crippen molar-refractivity contribution in [2.24, 2.45) is 0 Å². The molecule has 12 heavy (non-hydrogen) atoms. The number of nitrogens with zero attached hydrogens (tertiary/aromatic N) is 2. The second kappa shape index (κ2) is 3.73. The molecule has 1 atom stereocenters. The van der Waals surface area contributed by atoms with Gasteiger partial charge in [-0.2, -0.15) is 0 Å². The lowest BCUT2D eigenvalue weighted by Crippen LogP contribution is -2.51. The maximum Gasteiger partial charge on any atom is 0.0598 e. The average Bonchev–Trinajstić information content (AvgIpc) is 2.58. The molecule has 0 unspecified atom stereocenters. The summed E-state index contributed by atoms with van der Waals surface area (Å²) in [6.45, 7) is 6.18. The Hall–Kier alpha value is -0.120. The summed E-state index contributed by atoms with van der Waals surface area (Å²) in [6, 6.07) is 0. The summed E-state index contributed by atoms with van der Waals surface area (Å²) in [5, 5.41) is 3.55. The number of hydrogen-bond acceptors (Lipinski definition) is 3. The average molecular weight is 169 g/mol. The third kappa shape index (κ3) is 1.79. The predicted molar refractivity (Wildman–Crippen MR) is 50.1 cm³/mol. The van der Waals surface area contributed by atoms with Gasteiger partial charge in [-0.15, -0.1) is 0 Å². The molecule has 3 heteroatoms. The number of piperazine rings is 1. The number of rotatable bonds is 1. The first-order valence-electron chi connectivity index (χ1n) is 5.02. The molecule has 0 saturated carbocycles. The van der Waals surface area contributed by atoms with Gasteiger partial charge in [-0.05, 0) is 26.4 Å². The van der Waals surface area contributed by atoms with Crippen LogP contribution < -0.4 is 5.32 Å². The summed E-state index contributed by atoms with van der Waals surface area (Å²) in [5.74, 6) is 0. The van der Waals surface area contributed by atoms with Crippen molar-refractivity contribution in [2.45, 2.75) is 19.0 Å². The molecule has 2 aliphatic heterocycles. The van der Waals surface area contributed by atoms with Crippen molar-refractivity contribution < 1.29 is 0 Å². The Bertz CT molecular complexity index is 135. The number of hydrogen-bond donors (Lipinski definition) is 1. The van der Waals surface area contributed by atoms with E-state index in [4.69, 9.17) is 0 Å². The molecule has 2 fully saturated rings. The van der Waals surface area contributed by atoms with E-state index in [0.717, 1.165) is 0 Å². The second-order valence-electron chi connectivity index (χ2n) is 3.95. The Kier molecular flexibility index (Phi) is 2.63. The van der Waals surface area contributed by atoms with E-state index in [-0.39, 0.29) is 0 Å². The highest BCUT2D eigenvalue weighted by molar-refractivity contribution is 4.79. The van der Waals surface area contributed by atoms with E-state index in [1.165, 1.54) is 45.6 Å². The van der Waals surface area contributed by atoms with Gasteiger partial charge in [0.15, 0.2) is 0 Å². The molecule has 0 aromatic rings. The fourth-order valence-electron chi connectivity index (χ4n) is 2.11. The number of likely N-dealkylation sites (N-methyl/N-ethyl adjacent to an activating group) is 1. The molecule has 3 nitrogen and oxygen atoms in total. The van der Waals surface area contributed by atoms with E-state index in [2.05, 4.69) is 22.2 Å². The maximum atomic E-state index is 3.55. The lowest BCUT2D eigenvalue weighted by molar-refractivity contribution is 0.104. The van der Waals surface area contributed by atoms with Crippen LogP contribution in [0.25, 0.3) is 0 Å². The Labute approximate surface area is 74.7 Å². The minimum atomic E-state index is 0.693. The molecule has 0 spiro atoms. The van der Waals surface area contributed by atoms with Gasteiger partial charge in [0.05, 0.1) is 6.17 Å². The lowest BCUT2D eigenvalue weighted by Gasteiger charge is -2.36. The fourth-order valence-corrected chi connectivity index (χ4v) is 2.11. The molecule has 1 N–H and O–H groups in total. The van der Waals surface area contributed by atoms with Gasteiger partial charge in [0, 0.05) is 26.2 Å². The van der Waals surface area contributed by atoms with E-state index in [1.54, 1.807) is 0 Å². The van der Waals surface area contributed by atoms with Crippen LogP contribution in [0.3, 0.4) is 0 Å². The van der Waals surface area contributed by atoms with Gasteiger partial charge in [-0.1, -0.05) is 0 Å². The highest BCUT2D eigenvalue weighted by Gasteiger charge is 2.24. The van der Waals surface area contributed by atoms with Crippen LogP contribution in [0.2, 0.25) is 0 Å². The smallest absolute Gasteiger partial charge is 0.0598 e. The predicted octanol–water partition coefficient (Wildman–Crippen LogP) is -0.0567. The zero-order chi connectivity index (χ0) is 8.39. The molecule has 2 saturated heterocycles. The largest absolute Gasteiger partial charge is 0.304 e. The molecule has 2 aliphatic rings. The van der Waals surface area contributed by atoms with Gasteiger partial charge < -0.3 is 10.2 Å². The first-order chi connectivity index (χ1) is 5.86. The monoisotopic (exact) mass is 169 g/mol. The van der Waals surface area contributed by atoms with Crippen molar-refractivity contribution in [3.05, 3.63) is 0 Å². The molecule has 0 aliphatic carbocycles. The quantitative estimate of drug-likeness (QED) is 0.593. The van der Waals surface area contributed by atoms with Gasteiger partial charge in [0.2, 0.25) is 0 Å². The minimum Gasteiger partial charge on any atom is -0.304 e. The van der Waals surface area contributed by atoms with Crippen molar-refractivity contribution >= 4 is 0 Å². The summed E-state index contributed by atoms with van der Waals surface area (Å²) in [4.78, 5) is 5.00. The molecule has 0 amide bonds. The molecule has 2 rings (SSSR count). The lowest BCUT2D eigenvalue weighted by atomic mass is 10.2. The summed E-state index contributed by atoms with van der Waals surface area (Å²) < 4.78 is 0. The fraction of sp³-hybridized carbons (Fsp3) is 1.00. The third-order valence-electron chi connectivity index (χ3n) is 3.01. The zero-order valence-electron chi connectivity index (χ0n) is 7.92. The molecule has 0 radical (unpaired) electrons. The minimum absolute atomic E-state index is 0.693. The van der Waals surface area contributed by atoms with Crippen molar-refractivity contribution in [3.8, 4) is 0 Å². The van der Waals surface area contributed by atoms with E-state index in [9.17, 15) is 0 Å². The first kappa shape index (κ1) is 8.48. The second-order valence-corrected chi connectivity index (χ2v) is 3.95. The Morgan fingerprint density at radius 3 is 2.50 bits per heavy atom. The van der Waals surface area contributed by atoms with Crippen LogP contribution in [0.4, 0.5) is 0 Å². The zero-order valence-corrected chi connectivity index (χ0v) is 7.92. The highest BCUT2D eigenvalue weighted by atomic mass is 15.3. The highest BCUT2D eigenvalue weighted by Crippen LogP contribution is 2.12. The van der Waals surface area contributed by atoms with Crippen LogP contribution in [-0.4, -0.2) is 55.7 Å². The van der Waals surface area contributed by atoms with Crippen LogP contribution in [0.5, 0.6) is 0 Å². The van der Waals surface area contributed by atoms with Gasteiger partial charge in [-0.3, -0.25) is 4.90 Å². The van der Waals surface area contributed by atoms with Crippen molar-refractivity contribution in [3.63, 3.8) is 0 Å². The van der Waals surface area contributed by atoms with E-state index in [0.29, 0.717) is 6.17 Å². The van der Waals surface area contributed by atoms with Crippen LogP contribution >= 0.6 is 0 Å². The van der Waals surface area contributed by atoms with Gasteiger partial charge in [0.1, 0.15) is 0 Å². The van der Waals surface area contributed by atoms with Crippen molar-refractivity contribution in [2.75, 3.05) is 39.8 Å². The molecule has 0 aromatic heterocycles. The molecular weight excluding hydrogens is 150 g/mol. The summed E-state index contributed by atoms with van der Waals surface area (Å²) in [6.07, 6.45) is 3.40. The van der Waals surface area contributed by atoms with E-state index in [1.807, 2.05) is 0 Å². The van der Waals surface area contributed by atoms with Crippen LogP contribution in [-0.2, 0) is 0 Å². The van der Waals surface area contributed by atoms with Crippen molar-refractivity contribution in [1.82, 2.24) is 15.1 Å². The normalized spacial score (nSPS) is 34.2. The van der Waals surface area contributed by atoms with E-state index >= 15 is 0 Å². The SMILES string of the molecule is CN1CCN([C@@H]2CCCN2)CC1. The Morgan fingerprint density at radius 2 is 1.92 bits per heavy atom. The molecular formula is C9H19N3. The summed E-state index contributed by atoms with van der Waals surface area (Å²) in [5.41, 5.74) is 0. The third-order valence-corrected chi connectivity index (χ3v) is 3.01. The first-order valence-corrected chi connectivity index (χ1v) is 5.02. The van der Waals surface area contributed by atoms with Crippen LogP contribution in [0.1, 0.15) is 12.8 Å². The van der Waals surface area contributed by atoms with E-state index < -0.39 is 0 Å². The van der Waals surface area contributed by atoms with Crippen LogP contribution in [0, 0.1) is 0 Å². The van der Waals surface area contributed by atoms with Gasteiger partial charge in [-0.25, -0.2) is 0 Å². The van der Waals surface area contributed by atoms with Crippen LogP contribution in [0.15, 0.2) is 0 Å². The maximum absolute atomic E-state index is 3.55. The molecule has 0 bridgehead atoms. The van der Waals surface area contributed by atoms with Gasteiger partial charge >= 0.3 is 0 Å². The van der Waals surface area contributed by atoms with Crippen molar-refractivity contribution in [1.29, 1.82) is 0 Å². The topological polar surface area (TPSA) is 18.5 Å². The Balaban J connectivity index is 1.80. The summed E-state index contributed by atoms with van der Waals surface area (Å²) in [7, 11) is 2.21. The molecule has 2 heterocycles. The molecule has 70 valence electrons. The van der Waals surface area contributed by atoms with Gasteiger partial charge in [0.25, 0.3) is 0 Å². The molecule has 0 aromatic carbocycles.